The van der Waals surface area contributed by atoms with E-state index in [9.17, 15) is 9.59 Å². The minimum Gasteiger partial charge on any atom is -0.484 e. The first-order valence-corrected chi connectivity index (χ1v) is 14.7. The molecule has 1 N–H and O–H groups in total. The van der Waals surface area contributed by atoms with Crippen LogP contribution in [0.15, 0.2) is 71.2 Å². The van der Waals surface area contributed by atoms with Crippen LogP contribution in [0.1, 0.15) is 59.9 Å². The van der Waals surface area contributed by atoms with Crippen LogP contribution in [0, 0.1) is 20.8 Å². The molecule has 3 aromatic rings. The van der Waals surface area contributed by atoms with Crippen LogP contribution in [0.3, 0.4) is 0 Å². The maximum Gasteiger partial charge on any atom is 0.261 e. The van der Waals surface area contributed by atoms with E-state index in [4.69, 9.17) is 4.74 Å². The van der Waals surface area contributed by atoms with Crippen molar-refractivity contribution in [3.8, 4) is 5.75 Å². The minimum atomic E-state index is -0.654. The lowest BCUT2D eigenvalue weighted by Gasteiger charge is -2.33. The van der Waals surface area contributed by atoms with E-state index in [2.05, 4.69) is 21.2 Å². The molecule has 6 heteroatoms. The SMILES string of the molecule is Cc1ccccc1CN(C(=O)COc1cc(C)c(Br)c(C)c1)[C@@H](Cc1ccccc1)C(=O)NC1CCCCC1. The molecule has 0 radical (unpaired) electrons. The summed E-state index contributed by atoms with van der Waals surface area (Å²) in [6, 6.07) is 21.3. The number of aryl methyl sites for hydroxylation is 3. The number of carbonyl (C=O) groups is 2. The van der Waals surface area contributed by atoms with Crippen molar-refractivity contribution >= 4 is 27.7 Å². The van der Waals surface area contributed by atoms with Crippen molar-refractivity contribution in [1.29, 1.82) is 0 Å². The number of carbonyl (C=O) groups excluding carboxylic acids is 2. The van der Waals surface area contributed by atoms with Crippen molar-refractivity contribution in [3.63, 3.8) is 0 Å². The van der Waals surface area contributed by atoms with Crippen molar-refractivity contribution in [1.82, 2.24) is 10.2 Å². The maximum atomic E-state index is 13.9. The number of nitrogens with one attached hydrogen (secondary N) is 1. The second-order valence-corrected chi connectivity index (χ2v) is 11.4. The quantitative estimate of drug-likeness (QED) is 0.281. The first-order valence-electron chi connectivity index (χ1n) is 13.9. The predicted molar refractivity (Wildman–Crippen MR) is 160 cm³/mol. The van der Waals surface area contributed by atoms with Gasteiger partial charge in [-0.1, -0.05) is 89.8 Å². The molecule has 4 rings (SSSR count). The summed E-state index contributed by atoms with van der Waals surface area (Å²) in [6.07, 6.45) is 5.87. The summed E-state index contributed by atoms with van der Waals surface area (Å²) in [5.74, 6) is 0.336. The first kappa shape index (κ1) is 28.9. The Balaban J connectivity index is 1.63. The van der Waals surface area contributed by atoms with E-state index in [-0.39, 0.29) is 24.5 Å². The highest BCUT2D eigenvalue weighted by Crippen LogP contribution is 2.27. The molecule has 1 atom stereocenters. The molecular weight excluding hydrogens is 552 g/mol. The topological polar surface area (TPSA) is 58.6 Å². The van der Waals surface area contributed by atoms with Gasteiger partial charge in [0.25, 0.3) is 5.91 Å². The average molecular weight is 592 g/mol. The summed E-state index contributed by atoms with van der Waals surface area (Å²) in [4.78, 5) is 29.5. The van der Waals surface area contributed by atoms with Gasteiger partial charge < -0.3 is 15.0 Å². The third-order valence-electron chi connectivity index (χ3n) is 7.60. The molecule has 3 aromatic carbocycles. The Bertz CT molecular complexity index is 1250. The van der Waals surface area contributed by atoms with Gasteiger partial charge in [0.05, 0.1) is 0 Å². The largest absolute Gasteiger partial charge is 0.484 e. The summed E-state index contributed by atoms with van der Waals surface area (Å²) in [5, 5.41) is 3.29. The van der Waals surface area contributed by atoms with Gasteiger partial charge in [0.1, 0.15) is 11.8 Å². The zero-order chi connectivity index (χ0) is 27.8. The van der Waals surface area contributed by atoms with Gasteiger partial charge in [-0.3, -0.25) is 9.59 Å². The summed E-state index contributed by atoms with van der Waals surface area (Å²) in [6.45, 7) is 6.23. The zero-order valence-corrected chi connectivity index (χ0v) is 24.8. The van der Waals surface area contributed by atoms with Gasteiger partial charge in [0, 0.05) is 23.5 Å². The van der Waals surface area contributed by atoms with E-state index in [1.165, 1.54) is 6.42 Å². The summed E-state index contributed by atoms with van der Waals surface area (Å²) in [7, 11) is 0. The van der Waals surface area contributed by atoms with Crippen LogP contribution >= 0.6 is 15.9 Å². The highest BCUT2D eigenvalue weighted by Gasteiger charge is 2.32. The monoisotopic (exact) mass is 590 g/mol. The number of hydrogen-bond acceptors (Lipinski definition) is 3. The molecule has 5 nitrogen and oxygen atoms in total. The number of rotatable bonds is 10. The smallest absolute Gasteiger partial charge is 0.261 e. The molecule has 39 heavy (non-hydrogen) atoms. The normalized spacial score (nSPS) is 14.5. The molecule has 0 spiro atoms. The van der Waals surface area contributed by atoms with Gasteiger partial charge in [0.15, 0.2) is 6.61 Å². The second-order valence-electron chi connectivity index (χ2n) is 10.7. The summed E-state index contributed by atoms with van der Waals surface area (Å²) < 4.78 is 7.05. The Kier molecular flexibility index (Phi) is 10.2. The number of halogens is 1. The Labute approximate surface area is 241 Å². The van der Waals surface area contributed by atoms with E-state index in [0.29, 0.717) is 18.7 Å². The molecule has 0 bridgehead atoms. The maximum absolute atomic E-state index is 13.9. The molecule has 1 fully saturated rings. The molecule has 0 aliphatic heterocycles. The molecule has 0 saturated heterocycles. The Morgan fingerprint density at radius 3 is 2.23 bits per heavy atom. The Hall–Kier alpha value is -3.12. The fourth-order valence-corrected chi connectivity index (χ4v) is 5.52. The van der Waals surface area contributed by atoms with Crippen LogP contribution in [-0.2, 0) is 22.6 Å². The van der Waals surface area contributed by atoms with Crippen molar-refractivity contribution in [2.75, 3.05) is 6.61 Å². The summed E-state index contributed by atoms with van der Waals surface area (Å²) in [5.41, 5.74) is 5.21. The zero-order valence-electron chi connectivity index (χ0n) is 23.2. The highest BCUT2D eigenvalue weighted by atomic mass is 79.9. The molecule has 1 aliphatic rings. The van der Waals surface area contributed by atoms with Crippen LogP contribution in [0.2, 0.25) is 0 Å². The van der Waals surface area contributed by atoms with E-state index in [0.717, 1.165) is 58.0 Å². The fourth-order valence-electron chi connectivity index (χ4n) is 5.29. The minimum absolute atomic E-state index is 0.0944. The molecular formula is C33H39BrN2O3. The van der Waals surface area contributed by atoms with Crippen LogP contribution in [0.25, 0.3) is 0 Å². The molecule has 206 valence electrons. The van der Waals surface area contributed by atoms with Crippen molar-refractivity contribution in [2.45, 2.75) is 77.9 Å². The van der Waals surface area contributed by atoms with E-state index < -0.39 is 6.04 Å². The average Bonchev–Trinajstić information content (AvgIpc) is 2.94. The van der Waals surface area contributed by atoms with E-state index in [1.807, 2.05) is 87.5 Å². The third-order valence-corrected chi connectivity index (χ3v) is 8.85. The number of benzene rings is 3. The van der Waals surface area contributed by atoms with Crippen molar-refractivity contribution in [2.24, 2.45) is 0 Å². The molecule has 1 saturated carbocycles. The van der Waals surface area contributed by atoms with Crippen LogP contribution in [-0.4, -0.2) is 35.4 Å². The lowest BCUT2D eigenvalue weighted by molar-refractivity contribution is -0.143. The standard InChI is InChI=1S/C33H39BrN2O3/c1-23-12-10-11-15-27(23)21-36(31(37)22-39-29-18-24(2)32(34)25(3)19-29)30(20-26-13-6-4-7-14-26)33(38)35-28-16-8-5-9-17-28/h4,6-7,10-15,18-19,28,30H,5,8-9,16-17,20-22H2,1-3H3,(H,35,38)/t30-/m0/s1. The van der Waals surface area contributed by atoms with Gasteiger partial charge >= 0.3 is 0 Å². The van der Waals surface area contributed by atoms with Gasteiger partial charge in [-0.05, 0) is 73.6 Å². The van der Waals surface area contributed by atoms with Crippen LogP contribution in [0.4, 0.5) is 0 Å². The lowest BCUT2D eigenvalue weighted by atomic mass is 9.94. The Morgan fingerprint density at radius 1 is 0.923 bits per heavy atom. The predicted octanol–water partition coefficient (Wildman–Crippen LogP) is 6.84. The molecule has 1 aliphatic carbocycles. The van der Waals surface area contributed by atoms with E-state index >= 15 is 0 Å². The molecule has 0 heterocycles. The number of nitrogens with zero attached hydrogens (tertiary/aromatic N) is 1. The fraction of sp³-hybridized carbons (Fsp3) is 0.394. The van der Waals surface area contributed by atoms with Gasteiger partial charge in [0.2, 0.25) is 5.91 Å². The summed E-state index contributed by atoms with van der Waals surface area (Å²) >= 11 is 3.59. The number of ether oxygens (including phenoxy) is 1. The Morgan fingerprint density at radius 2 is 1.56 bits per heavy atom. The second kappa shape index (κ2) is 13.8. The van der Waals surface area contributed by atoms with E-state index in [1.54, 1.807) is 4.90 Å². The van der Waals surface area contributed by atoms with Gasteiger partial charge in [-0.2, -0.15) is 0 Å². The van der Waals surface area contributed by atoms with Gasteiger partial charge in [-0.15, -0.1) is 0 Å². The van der Waals surface area contributed by atoms with Gasteiger partial charge in [-0.25, -0.2) is 0 Å². The van der Waals surface area contributed by atoms with Crippen LogP contribution in [0.5, 0.6) is 5.75 Å². The highest BCUT2D eigenvalue weighted by molar-refractivity contribution is 9.10. The first-order chi connectivity index (χ1) is 18.8. The number of amides is 2. The third kappa shape index (κ3) is 7.95. The van der Waals surface area contributed by atoms with Crippen molar-refractivity contribution < 1.29 is 14.3 Å². The molecule has 0 aromatic heterocycles. The van der Waals surface area contributed by atoms with Crippen molar-refractivity contribution in [3.05, 3.63) is 99.0 Å². The molecule has 2 amide bonds. The van der Waals surface area contributed by atoms with Crippen LogP contribution < -0.4 is 10.1 Å². The number of hydrogen-bond donors (Lipinski definition) is 1. The lowest BCUT2D eigenvalue weighted by Crippen LogP contribution is -2.53. The molecule has 0 unspecified atom stereocenters.